The maximum Gasteiger partial charge on any atom is 0.252 e. The van der Waals surface area contributed by atoms with Gasteiger partial charge in [-0.15, -0.1) is 0 Å². The molecule has 0 fully saturated rings. The van der Waals surface area contributed by atoms with Gasteiger partial charge in [-0.2, -0.15) is 0 Å². The number of nitrogens with zero attached hydrogens (tertiary/aromatic N) is 2. The van der Waals surface area contributed by atoms with Crippen molar-refractivity contribution in [2.75, 3.05) is 9.80 Å². The molecule has 0 amide bonds. The molecule has 0 aliphatic carbocycles. The third-order valence-corrected chi connectivity index (χ3v) is 12.9. The molecule has 0 spiro atoms. The Morgan fingerprint density at radius 1 is 0.464 bits per heavy atom. The highest BCUT2D eigenvalue weighted by Crippen LogP contribution is 2.52. The molecular formula is C53H49BN2. The number of benzene rings is 7. The van der Waals surface area contributed by atoms with Crippen molar-refractivity contribution in [2.45, 2.75) is 71.6 Å². The van der Waals surface area contributed by atoms with Crippen LogP contribution < -0.4 is 26.2 Å². The molecule has 3 aliphatic rings. The summed E-state index contributed by atoms with van der Waals surface area (Å²) in [6.07, 6.45) is 0. The summed E-state index contributed by atoms with van der Waals surface area (Å²) in [7, 11) is 0. The molecule has 0 bridgehead atoms. The fourth-order valence-electron chi connectivity index (χ4n) is 10.0. The number of hydrogen-bond donors (Lipinski definition) is 0. The van der Waals surface area contributed by atoms with E-state index in [0.29, 0.717) is 0 Å². The molecule has 1 unspecified atom stereocenters. The predicted molar refractivity (Wildman–Crippen MR) is 240 cm³/mol. The Balaban J connectivity index is 1.30. The van der Waals surface area contributed by atoms with Gasteiger partial charge in [-0.1, -0.05) is 151 Å². The van der Waals surface area contributed by atoms with Gasteiger partial charge in [-0.05, 0) is 122 Å². The fourth-order valence-corrected chi connectivity index (χ4v) is 10.0. The first-order valence-electron chi connectivity index (χ1n) is 20.2. The molecule has 2 nitrogen and oxygen atoms in total. The largest absolute Gasteiger partial charge is 0.311 e. The van der Waals surface area contributed by atoms with Gasteiger partial charge in [0.2, 0.25) is 0 Å². The third kappa shape index (κ3) is 4.96. The Morgan fingerprint density at radius 3 is 1.55 bits per heavy atom. The summed E-state index contributed by atoms with van der Waals surface area (Å²) >= 11 is 0. The molecule has 274 valence electrons. The zero-order valence-electron chi connectivity index (χ0n) is 33.9. The van der Waals surface area contributed by atoms with Gasteiger partial charge in [0.1, 0.15) is 0 Å². The highest BCUT2D eigenvalue weighted by molar-refractivity contribution is 7.01. The minimum Gasteiger partial charge on any atom is -0.311 e. The van der Waals surface area contributed by atoms with Crippen LogP contribution in [0.2, 0.25) is 0 Å². The maximum absolute atomic E-state index is 2.60. The molecule has 7 aromatic carbocycles. The van der Waals surface area contributed by atoms with E-state index < -0.39 is 0 Å². The van der Waals surface area contributed by atoms with E-state index in [1.165, 1.54) is 95.0 Å². The molecular weight excluding hydrogens is 675 g/mol. The summed E-state index contributed by atoms with van der Waals surface area (Å²) in [6, 6.07) is 57.8. The standard InChI is InChI=1S/C53H49BN2/c1-34-32-46-50-47(33-34)56(43-21-13-12-18-40(43)35-24-26-36(27-25-35)51(2,3)4)45-23-15-20-42-49(45)54(50)48-41(53(42,8)38-16-10-9-11-17-38)19-14-22-44(48)55(46)39-30-28-37(29-31-39)52(5,6)7/h9-33H,1-8H3. The van der Waals surface area contributed by atoms with Crippen LogP contribution in [0.5, 0.6) is 0 Å². The van der Waals surface area contributed by atoms with Crippen LogP contribution in [0.3, 0.4) is 0 Å². The van der Waals surface area contributed by atoms with Crippen molar-refractivity contribution in [1.29, 1.82) is 0 Å². The molecule has 0 aromatic heterocycles. The van der Waals surface area contributed by atoms with Gasteiger partial charge in [0, 0.05) is 39.4 Å². The first-order valence-corrected chi connectivity index (χ1v) is 20.2. The molecule has 0 radical (unpaired) electrons. The van der Waals surface area contributed by atoms with E-state index >= 15 is 0 Å². The average molecular weight is 725 g/mol. The van der Waals surface area contributed by atoms with Crippen LogP contribution in [0, 0.1) is 6.92 Å². The Morgan fingerprint density at radius 2 is 0.964 bits per heavy atom. The maximum atomic E-state index is 2.60. The lowest BCUT2D eigenvalue weighted by molar-refractivity contribution is 0.590. The average Bonchev–Trinajstić information content (AvgIpc) is 3.19. The second-order valence-corrected chi connectivity index (χ2v) is 18.4. The van der Waals surface area contributed by atoms with Crippen molar-refractivity contribution < 1.29 is 0 Å². The number of aryl methyl sites for hydroxylation is 1. The lowest BCUT2D eigenvalue weighted by Gasteiger charge is -2.51. The molecule has 56 heavy (non-hydrogen) atoms. The molecule has 7 aromatic rings. The molecule has 0 saturated heterocycles. The van der Waals surface area contributed by atoms with E-state index in [9.17, 15) is 0 Å². The zero-order chi connectivity index (χ0) is 38.7. The minimum absolute atomic E-state index is 0.0680. The van der Waals surface area contributed by atoms with E-state index in [1.54, 1.807) is 0 Å². The van der Waals surface area contributed by atoms with E-state index in [1.807, 2.05) is 0 Å². The smallest absolute Gasteiger partial charge is 0.252 e. The summed E-state index contributed by atoms with van der Waals surface area (Å²) in [5, 5.41) is 0. The van der Waals surface area contributed by atoms with Crippen molar-refractivity contribution in [3.63, 3.8) is 0 Å². The second kappa shape index (κ2) is 12.1. The minimum atomic E-state index is -0.371. The molecule has 3 heterocycles. The number of para-hydroxylation sites is 1. The Kier molecular flexibility index (Phi) is 7.49. The van der Waals surface area contributed by atoms with E-state index in [-0.39, 0.29) is 23.0 Å². The molecule has 10 rings (SSSR count). The van der Waals surface area contributed by atoms with Crippen LogP contribution in [0.25, 0.3) is 11.1 Å². The third-order valence-electron chi connectivity index (χ3n) is 12.9. The number of rotatable bonds is 4. The normalized spacial score (nSPS) is 16.5. The van der Waals surface area contributed by atoms with Gasteiger partial charge < -0.3 is 9.80 Å². The zero-order valence-corrected chi connectivity index (χ0v) is 33.9. The van der Waals surface area contributed by atoms with Gasteiger partial charge in [0.05, 0.1) is 5.69 Å². The molecule has 0 N–H and O–H groups in total. The first-order chi connectivity index (χ1) is 26.9. The van der Waals surface area contributed by atoms with E-state index in [4.69, 9.17) is 0 Å². The monoisotopic (exact) mass is 724 g/mol. The van der Waals surface area contributed by atoms with Crippen LogP contribution in [-0.4, -0.2) is 6.71 Å². The van der Waals surface area contributed by atoms with Crippen molar-refractivity contribution >= 4 is 57.2 Å². The topological polar surface area (TPSA) is 6.48 Å². The summed E-state index contributed by atoms with van der Waals surface area (Å²) in [5.41, 5.74) is 21.9. The van der Waals surface area contributed by atoms with Crippen molar-refractivity contribution in [3.8, 4) is 11.1 Å². The van der Waals surface area contributed by atoms with Gasteiger partial charge in [0.25, 0.3) is 6.71 Å². The quantitative estimate of drug-likeness (QED) is 0.167. The Labute approximate surface area is 333 Å². The highest BCUT2D eigenvalue weighted by atomic mass is 15.2. The fraction of sp³-hybridized carbons (Fsp3) is 0.208. The molecule has 3 heteroatoms. The second-order valence-electron chi connectivity index (χ2n) is 18.4. The first kappa shape index (κ1) is 34.7. The van der Waals surface area contributed by atoms with E-state index in [2.05, 4.69) is 217 Å². The van der Waals surface area contributed by atoms with Crippen molar-refractivity contribution in [2.24, 2.45) is 0 Å². The summed E-state index contributed by atoms with van der Waals surface area (Å²) in [6.45, 7) is 18.6. The van der Waals surface area contributed by atoms with Gasteiger partial charge in [0.15, 0.2) is 0 Å². The summed E-state index contributed by atoms with van der Waals surface area (Å²) in [4.78, 5) is 5.16. The summed E-state index contributed by atoms with van der Waals surface area (Å²) in [5.74, 6) is 0. The highest BCUT2D eigenvalue weighted by Gasteiger charge is 2.52. The molecule has 3 aliphatic heterocycles. The SMILES string of the molecule is Cc1cc2c3c(c1)N(c1ccccc1-c1ccc(C(C)(C)C)cc1)c1cccc4c1B3c1c(cccc1C4(C)c1ccccc1)N2c1ccc(C(C)(C)C)cc1. The number of anilines is 6. The predicted octanol–water partition coefficient (Wildman–Crippen LogP) is 12.0. The van der Waals surface area contributed by atoms with Gasteiger partial charge >= 0.3 is 0 Å². The lowest BCUT2D eigenvalue weighted by atomic mass is 9.28. The Hall–Kier alpha value is -5.80. The Bertz CT molecular complexity index is 2680. The lowest BCUT2D eigenvalue weighted by Crippen LogP contribution is -2.67. The molecule has 0 saturated carbocycles. The van der Waals surface area contributed by atoms with Gasteiger partial charge in [-0.25, -0.2) is 0 Å². The van der Waals surface area contributed by atoms with Crippen molar-refractivity contribution in [1.82, 2.24) is 0 Å². The van der Waals surface area contributed by atoms with Crippen LogP contribution in [0.4, 0.5) is 34.1 Å². The van der Waals surface area contributed by atoms with E-state index in [0.717, 1.165) is 0 Å². The van der Waals surface area contributed by atoms with Crippen LogP contribution in [0.1, 0.15) is 81.8 Å². The van der Waals surface area contributed by atoms with Crippen LogP contribution in [-0.2, 0) is 16.2 Å². The van der Waals surface area contributed by atoms with Crippen LogP contribution >= 0.6 is 0 Å². The van der Waals surface area contributed by atoms with Gasteiger partial charge in [-0.3, -0.25) is 0 Å². The summed E-state index contributed by atoms with van der Waals surface area (Å²) < 4.78 is 0. The van der Waals surface area contributed by atoms with Crippen molar-refractivity contribution in [3.05, 3.63) is 185 Å². The van der Waals surface area contributed by atoms with Crippen LogP contribution in [0.15, 0.2) is 152 Å². The number of hydrogen-bond acceptors (Lipinski definition) is 2. The molecule has 1 atom stereocenters.